The normalized spacial score (nSPS) is 11.0. The maximum absolute atomic E-state index is 4.39. The predicted octanol–water partition coefficient (Wildman–Crippen LogP) is 1.98. The lowest BCUT2D eigenvalue weighted by molar-refractivity contribution is 0.880. The van der Waals surface area contributed by atoms with E-state index in [1.807, 2.05) is 53.5 Å². The van der Waals surface area contributed by atoms with Gasteiger partial charge in [-0.1, -0.05) is 18.2 Å². The van der Waals surface area contributed by atoms with E-state index in [0.29, 0.717) is 5.78 Å². The van der Waals surface area contributed by atoms with E-state index in [1.165, 1.54) is 6.33 Å². The highest BCUT2D eigenvalue weighted by Crippen LogP contribution is 2.19. The zero-order chi connectivity index (χ0) is 13.4. The zero-order valence-corrected chi connectivity index (χ0v) is 10.5. The van der Waals surface area contributed by atoms with E-state index in [9.17, 15) is 0 Å². The molecule has 0 bridgehead atoms. The van der Waals surface area contributed by atoms with Crippen molar-refractivity contribution in [2.24, 2.45) is 0 Å². The molecule has 0 amide bonds. The number of hydrogen-bond acceptors (Lipinski definition) is 4. The predicted molar refractivity (Wildman–Crippen MR) is 73.3 cm³/mol. The molecule has 0 saturated heterocycles. The van der Waals surface area contributed by atoms with Crippen LogP contribution in [0.5, 0.6) is 0 Å². The number of rotatable bonds is 2. The van der Waals surface area contributed by atoms with Gasteiger partial charge in [0.25, 0.3) is 5.78 Å². The van der Waals surface area contributed by atoms with E-state index in [-0.39, 0.29) is 0 Å². The Balaban J connectivity index is 1.84. The summed E-state index contributed by atoms with van der Waals surface area (Å²) in [6.45, 7) is 0. The minimum Gasteiger partial charge on any atom is -0.240 e. The van der Waals surface area contributed by atoms with Crippen LogP contribution in [0.2, 0.25) is 0 Å². The van der Waals surface area contributed by atoms with Gasteiger partial charge in [-0.3, -0.25) is 0 Å². The summed E-state index contributed by atoms with van der Waals surface area (Å²) in [6.07, 6.45) is 6.99. The first-order chi connectivity index (χ1) is 9.92. The lowest BCUT2D eigenvalue weighted by atomic mass is 10.2. The Bertz CT molecular complexity index is 861. The lowest BCUT2D eigenvalue weighted by Crippen LogP contribution is -1.95. The third kappa shape index (κ3) is 1.66. The summed E-state index contributed by atoms with van der Waals surface area (Å²) in [6, 6.07) is 11.9. The van der Waals surface area contributed by atoms with E-state index in [0.717, 1.165) is 16.9 Å². The highest BCUT2D eigenvalue weighted by Gasteiger charge is 2.08. The largest absolute Gasteiger partial charge is 0.252 e. The summed E-state index contributed by atoms with van der Waals surface area (Å²) in [7, 11) is 0. The Morgan fingerprint density at radius 2 is 1.80 bits per heavy atom. The van der Waals surface area contributed by atoms with Crippen LogP contribution in [0.25, 0.3) is 22.7 Å². The standard InChI is InChI=1S/C14H10N6/c1-2-4-12(5-3-1)19-9-11(8-17-19)13-6-7-15-14-16-10-18-20(13)14/h1-10H. The van der Waals surface area contributed by atoms with Crippen molar-refractivity contribution in [3.8, 4) is 16.9 Å². The first kappa shape index (κ1) is 10.9. The molecular weight excluding hydrogens is 252 g/mol. The Labute approximate surface area is 114 Å². The van der Waals surface area contributed by atoms with Crippen molar-refractivity contribution in [2.45, 2.75) is 0 Å². The summed E-state index contributed by atoms with van der Waals surface area (Å²) < 4.78 is 3.53. The maximum atomic E-state index is 4.39. The lowest BCUT2D eigenvalue weighted by Gasteiger charge is -2.00. The van der Waals surface area contributed by atoms with E-state index in [1.54, 1.807) is 10.7 Å². The van der Waals surface area contributed by atoms with Gasteiger partial charge in [-0.05, 0) is 18.2 Å². The molecule has 0 aliphatic rings. The van der Waals surface area contributed by atoms with Crippen LogP contribution < -0.4 is 0 Å². The number of aromatic nitrogens is 6. The minimum atomic E-state index is 0.579. The van der Waals surface area contributed by atoms with Crippen molar-refractivity contribution in [1.82, 2.24) is 29.4 Å². The molecule has 96 valence electrons. The van der Waals surface area contributed by atoms with Crippen molar-refractivity contribution >= 4 is 5.78 Å². The van der Waals surface area contributed by atoms with Gasteiger partial charge >= 0.3 is 0 Å². The summed E-state index contributed by atoms with van der Waals surface area (Å²) in [4.78, 5) is 8.24. The van der Waals surface area contributed by atoms with E-state index >= 15 is 0 Å². The second kappa shape index (κ2) is 4.27. The zero-order valence-electron chi connectivity index (χ0n) is 10.5. The summed E-state index contributed by atoms with van der Waals surface area (Å²) >= 11 is 0. The number of fused-ring (bicyclic) bond motifs is 1. The Kier molecular flexibility index (Phi) is 2.32. The number of hydrogen-bond donors (Lipinski definition) is 0. The highest BCUT2D eigenvalue weighted by molar-refractivity contribution is 5.60. The van der Waals surface area contributed by atoms with Crippen LogP contribution in [-0.2, 0) is 0 Å². The Morgan fingerprint density at radius 1 is 0.900 bits per heavy atom. The van der Waals surface area contributed by atoms with Gasteiger partial charge in [-0.2, -0.15) is 19.7 Å². The fraction of sp³-hybridized carbons (Fsp3) is 0. The Hall–Kier alpha value is -3.02. The first-order valence-corrected chi connectivity index (χ1v) is 6.17. The van der Waals surface area contributed by atoms with Crippen molar-refractivity contribution < 1.29 is 0 Å². The molecule has 0 saturated carbocycles. The molecular formula is C14H10N6. The summed E-state index contributed by atoms with van der Waals surface area (Å²) in [5.41, 5.74) is 2.89. The van der Waals surface area contributed by atoms with Gasteiger partial charge in [-0.15, -0.1) is 0 Å². The summed E-state index contributed by atoms with van der Waals surface area (Å²) in [5, 5.41) is 8.57. The molecule has 0 aliphatic heterocycles. The quantitative estimate of drug-likeness (QED) is 0.554. The van der Waals surface area contributed by atoms with Crippen LogP contribution in [0.3, 0.4) is 0 Å². The molecule has 3 heterocycles. The van der Waals surface area contributed by atoms with Crippen molar-refractivity contribution in [1.29, 1.82) is 0 Å². The second-order valence-electron chi connectivity index (χ2n) is 4.31. The number of para-hydroxylation sites is 1. The van der Waals surface area contributed by atoms with Crippen LogP contribution >= 0.6 is 0 Å². The van der Waals surface area contributed by atoms with Gasteiger partial charge in [0.1, 0.15) is 6.33 Å². The topological polar surface area (TPSA) is 60.9 Å². The maximum Gasteiger partial charge on any atom is 0.252 e. The molecule has 0 radical (unpaired) electrons. The van der Waals surface area contributed by atoms with E-state index < -0.39 is 0 Å². The van der Waals surface area contributed by atoms with Crippen molar-refractivity contribution in [2.75, 3.05) is 0 Å². The highest BCUT2D eigenvalue weighted by atomic mass is 15.3. The summed E-state index contributed by atoms with van der Waals surface area (Å²) in [5.74, 6) is 0.579. The molecule has 4 rings (SSSR count). The van der Waals surface area contributed by atoms with Crippen LogP contribution in [0.4, 0.5) is 0 Å². The van der Waals surface area contributed by atoms with Crippen LogP contribution in [0, 0.1) is 0 Å². The van der Waals surface area contributed by atoms with Crippen LogP contribution in [-0.4, -0.2) is 29.4 Å². The molecule has 0 fully saturated rings. The minimum absolute atomic E-state index is 0.579. The molecule has 0 unspecified atom stereocenters. The van der Waals surface area contributed by atoms with Crippen molar-refractivity contribution in [3.05, 3.63) is 61.3 Å². The van der Waals surface area contributed by atoms with Crippen LogP contribution in [0.1, 0.15) is 0 Å². The first-order valence-electron chi connectivity index (χ1n) is 6.17. The van der Waals surface area contributed by atoms with Crippen LogP contribution in [0.15, 0.2) is 61.3 Å². The van der Waals surface area contributed by atoms with Gasteiger partial charge in [-0.25, -0.2) is 9.67 Å². The van der Waals surface area contributed by atoms with E-state index in [4.69, 9.17) is 0 Å². The molecule has 20 heavy (non-hydrogen) atoms. The molecule has 0 spiro atoms. The number of nitrogens with zero attached hydrogens (tertiary/aromatic N) is 6. The molecule has 6 nitrogen and oxygen atoms in total. The SMILES string of the molecule is c1ccc(-n2cc(-c3ccnc4ncnn34)cn2)cc1. The second-order valence-corrected chi connectivity index (χ2v) is 4.31. The molecule has 1 aromatic carbocycles. The van der Waals surface area contributed by atoms with Gasteiger partial charge in [0, 0.05) is 18.0 Å². The number of benzene rings is 1. The average Bonchev–Trinajstić information content (AvgIpc) is 3.17. The monoisotopic (exact) mass is 262 g/mol. The average molecular weight is 262 g/mol. The van der Waals surface area contributed by atoms with Gasteiger partial charge in [0.05, 0.1) is 17.6 Å². The molecule has 0 N–H and O–H groups in total. The van der Waals surface area contributed by atoms with Gasteiger partial charge in [0.15, 0.2) is 0 Å². The van der Waals surface area contributed by atoms with Crippen molar-refractivity contribution in [3.63, 3.8) is 0 Å². The smallest absolute Gasteiger partial charge is 0.240 e. The molecule has 3 aromatic heterocycles. The Morgan fingerprint density at radius 3 is 2.70 bits per heavy atom. The fourth-order valence-electron chi connectivity index (χ4n) is 2.13. The third-order valence-corrected chi connectivity index (χ3v) is 3.08. The molecule has 0 atom stereocenters. The van der Waals surface area contributed by atoms with E-state index in [2.05, 4.69) is 20.2 Å². The van der Waals surface area contributed by atoms with Gasteiger partial charge in [0.2, 0.25) is 0 Å². The molecule has 6 heteroatoms. The molecule has 0 aliphatic carbocycles. The van der Waals surface area contributed by atoms with Gasteiger partial charge < -0.3 is 0 Å². The molecule has 4 aromatic rings. The fourth-order valence-corrected chi connectivity index (χ4v) is 2.13. The third-order valence-electron chi connectivity index (χ3n) is 3.08.